The number of hydrogen-bond acceptors (Lipinski definition) is 4. The summed E-state index contributed by atoms with van der Waals surface area (Å²) in [6.07, 6.45) is 1.70. The van der Waals surface area contributed by atoms with Crippen molar-refractivity contribution in [3.63, 3.8) is 0 Å². The Kier molecular flexibility index (Phi) is 6.26. The maximum atomic E-state index is 12.0. The molecule has 0 aliphatic carbocycles. The van der Waals surface area contributed by atoms with Crippen LogP contribution in [0.15, 0.2) is 58.0 Å². The zero-order chi connectivity index (χ0) is 16.7. The molecule has 0 fully saturated rings. The molecule has 0 unspecified atom stereocenters. The largest absolute Gasteiger partial charge is 0.350 e. The number of halogens is 1. The maximum absolute atomic E-state index is 12.0. The van der Waals surface area contributed by atoms with Crippen molar-refractivity contribution < 1.29 is 13.2 Å². The Bertz CT molecular complexity index is 749. The fraction of sp³-hybridized carbons (Fsp3) is 0.200. The van der Waals surface area contributed by atoms with Gasteiger partial charge in [-0.15, -0.1) is 0 Å². The number of carbonyl (C=O) groups is 1. The Labute approximate surface area is 143 Å². The molecule has 0 bridgehead atoms. The molecule has 2 aromatic rings. The molecule has 0 aliphatic heterocycles. The molecule has 0 aliphatic rings. The molecule has 8 heteroatoms. The molecule has 1 aromatic heterocycles. The minimum absolute atomic E-state index is 0.0342. The van der Waals surface area contributed by atoms with Gasteiger partial charge in [0.25, 0.3) is 0 Å². The van der Waals surface area contributed by atoms with Gasteiger partial charge in [0.15, 0.2) is 0 Å². The van der Waals surface area contributed by atoms with Crippen LogP contribution in [0.5, 0.6) is 0 Å². The Hall–Kier alpha value is -1.77. The van der Waals surface area contributed by atoms with Gasteiger partial charge in [-0.2, -0.15) is 0 Å². The number of rotatable bonds is 7. The van der Waals surface area contributed by atoms with Gasteiger partial charge in [0, 0.05) is 23.6 Å². The third-order valence-electron chi connectivity index (χ3n) is 2.96. The number of amides is 1. The Balaban J connectivity index is 1.77. The summed E-state index contributed by atoms with van der Waals surface area (Å²) >= 11 is 3.25. The van der Waals surface area contributed by atoms with Gasteiger partial charge in [0.2, 0.25) is 15.9 Å². The number of nitrogens with zero attached hydrogens (tertiary/aromatic N) is 1. The predicted molar refractivity (Wildman–Crippen MR) is 90.0 cm³/mol. The first-order valence-electron chi connectivity index (χ1n) is 6.89. The van der Waals surface area contributed by atoms with Crippen LogP contribution in [0.3, 0.4) is 0 Å². The first-order chi connectivity index (χ1) is 11.0. The van der Waals surface area contributed by atoms with Crippen LogP contribution in [-0.4, -0.2) is 25.9 Å². The molecular weight excluding hydrogens is 382 g/mol. The lowest BCUT2D eigenvalue weighted by atomic mass is 10.3. The second-order valence-electron chi connectivity index (χ2n) is 4.70. The van der Waals surface area contributed by atoms with Crippen molar-refractivity contribution in [3.05, 3.63) is 58.8 Å². The molecule has 23 heavy (non-hydrogen) atoms. The Morgan fingerprint density at radius 2 is 1.87 bits per heavy atom. The van der Waals surface area contributed by atoms with Gasteiger partial charge in [-0.25, -0.2) is 13.1 Å². The lowest BCUT2D eigenvalue weighted by Gasteiger charge is -2.07. The highest BCUT2D eigenvalue weighted by Gasteiger charge is 2.13. The van der Waals surface area contributed by atoms with E-state index >= 15 is 0 Å². The highest BCUT2D eigenvalue weighted by Crippen LogP contribution is 2.14. The van der Waals surface area contributed by atoms with Crippen LogP contribution in [0.1, 0.15) is 12.1 Å². The summed E-state index contributed by atoms with van der Waals surface area (Å²) < 4.78 is 27.3. The van der Waals surface area contributed by atoms with Gasteiger partial charge in [-0.3, -0.25) is 9.78 Å². The summed E-state index contributed by atoms with van der Waals surface area (Å²) in [6, 6.07) is 11.7. The number of hydrogen-bond donors (Lipinski definition) is 2. The van der Waals surface area contributed by atoms with Gasteiger partial charge in [-0.1, -0.05) is 22.0 Å². The molecule has 1 amide bonds. The van der Waals surface area contributed by atoms with Crippen molar-refractivity contribution in [3.8, 4) is 0 Å². The quantitative estimate of drug-likeness (QED) is 0.745. The number of aromatic nitrogens is 1. The first-order valence-corrected chi connectivity index (χ1v) is 9.17. The van der Waals surface area contributed by atoms with E-state index in [1.807, 2.05) is 6.07 Å². The van der Waals surface area contributed by atoms with Crippen molar-refractivity contribution >= 4 is 31.9 Å². The van der Waals surface area contributed by atoms with Gasteiger partial charge in [0.1, 0.15) is 0 Å². The highest BCUT2D eigenvalue weighted by molar-refractivity contribution is 9.10. The smallest absolute Gasteiger partial charge is 0.240 e. The van der Waals surface area contributed by atoms with E-state index in [0.717, 1.165) is 10.2 Å². The molecule has 0 saturated heterocycles. The van der Waals surface area contributed by atoms with Crippen molar-refractivity contribution in [1.29, 1.82) is 0 Å². The van der Waals surface area contributed by atoms with E-state index in [1.165, 1.54) is 12.1 Å². The summed E-state index contributed by atoms with van der Waals surface area (Å²) in [5, 5.41) is 2.69. The minimum Gasteiger partial charge on any atom is -0.350 e. The molecule has 0 saturated carbocycles. The number of benzene rings is 1. The molecule has 6 nitrogen and oxygen atoms in total. The monoisotopic (exact) mass is 397 g/mol. The maximum Gasteiger partial charge on any atom is 0.240 e. The van der Waals surface area contributed by atoms with E-state index in [1.54, 1.807) is 30.5 Å². The SMILES string of the molecule is O=C(CCNS(=O)(=O)c1ccc(Br)cc1)NCc1ccccn1. The van der Waals surface area contributed by atoms with Crippen LogP contribution >= 0.6 is 15.9 Å². The van der Waals surface area contributed by atoms with Gasteiger partial charge >= 0.3 is 0 Å². The fourth-order valence-electron chi connectivity index (χ4n) is 1.78. The number of nitrogens with one attached hydrogen (secondary N) is 2. The molecule has 2 N–H and O–H groups in total. The van der Waals surface area contributed by atoms with E-state index in [-0.39, 0.29) is 23.8 Å². The van der Waals surface area contributed by atoms with Crippen LogP contribution in [0.2, 0.25) is 0 Å². The Morgan fingerprint density at radius 3 is 2.52 bits per heavy atom. The van der Waals surface area contributed by atoms with Crippen molar-refractivity contribution in [2.75, 3.05) is 6.54 Å². The van der Waals surface area contributed by atoms with Crippen LogP contribution in [0.25, 0.3) is 0 Å². The average molecular weight is 398 g/mol. The molecule has 1 aromatic carbocycles. The summed E-state index contributed by atoms with van der Waals surface area (Å²) in [4.78, 5) is 16.0. The van der Waals surface area contributed by atoms with E-state index in [4.69, 9.17) is 0 Å². The number of sulfonamides is 1. The summed E-state index contributed by atoms with van der Waals surface area (Å²) in [5.74, 6) is -0.242. The van der Waals surface area contributed by atoms with Crippen LogP contribution in [0.4, 0.5) is 0 Å². The third-order valence-corrected chi connectivity index (χ3v) is 4.97. The van der Waals surface area contributed by atoms with Crippen LogP contribution < -0.4 is 10.0 Å². The lowest BCUT2D eigenvalue weighted by molar-refractivity contribution is -0.121. The zero-order valence-corrected chi connectivity index (χ0v) is 14.6. The number of pyridine rings is 1. The standard InChI is InChI=1S/C15H16BrN3O3S/c16-12-4-6-14(7-5-12)23(21,22)19-10-8-15(20)18-11-13-3-1-2-9-17-13/h1-7,9,19H,8,10-11H2,(H,18,20). The molecular formula is C15H16BrN3O3S. The summed E-state index contributed by atoms with van der Waals surface area (Å²) in [6.45, 7) is 0.353. The lowest BCUT2D eigenvalue weighted by Crippen LogP contribution is -2.30. The molecule has 0 atom stereocenters. The average Bonchev–Trinajstić information content (AvgIpc) is 2.54. The molecule has 0 spiro atoms. The molecule has 2 rings (SSSR count). The highest BCUT2D eigenvalue weighted by atomic mass is 79.9. The summed E-state index contributed by atoms with van der Waals surface area (Å²) in [7, 11) is -3.60. The minimum atomic E-state index is -3.60. The van der Waals surface area contributed by atoms with Crippen molar-refractivity contribution in [2.45, 2.75) is 17.9 Å². The van der Waals surface area contributed by atoms with E-state index in [2.05, 4.69) is 31.0 Å². The predicted octanol–water partition coefficient (Wildman–Crippen LogP) is 1.83. The summed E-state index contributed by atoms with van der Waals surface area (Å²) in [5.41, 5.74) is 0.747. The molecule has 1 heterocycles. The fourth-order valence-corrected chi connectivity index (χ4v) is 3.07. The second kappa shape index (κ2) is 8.19. The zero-order valence-electron chi connectivity index (χ0n) is 12.2. The van der Waals surface area contributed by atoms with Crippen molar-refractivity contribution in [2.24, 2.45) is 0 Å². The number of carbonyl (C=O) groups excluding carboxylic acids is 1. The van der Waals surface area contributed by atoms with Gasteiger partial charge in [-0.05, 0) is 36.4 Å². The normalized spacial score (nSPS) is 11.2. The van der Waals surface area contributed by atoms with E-state index in [0.29, 0.717) is 6.54 Å². The van der Waals surface area contributed by atoms with Gasteiger partial charge in [0.05, 0.1) is 17.1 Å². The second-order valence-corrected chi connectivity index (χ2v) is 7.38. The molecule has 122 valence electrons. The Morgan fingerprint density at radius 1 is 1.13 bits per heavy atom. The van der Waals surface area contributed by atoms with Crippen LogP contribution in [-0.2, 0) is 21.4 Å². The third kappa shape index (κ3) is 5.74. The van der Waals surface area contributed by atoms with E-state index < -0.39 is 10.0 Å². The molecule has 0 radical (unpaired) electrons. The van der Waals surface area contributed by atoms with Crippen LogP contribution in [0, 0.1) is 0 Å². The van der Waals surface area contributed by atoms with Crippen molar-refractivity contribution in [1.82, 2.24) is 15.0 Å². The first kappa shape index (κ1) is 17.6. The van der Waals surface area contributed by atoms with E-state index in [9.17, 15) is 13.2 Å². The van der Waals surface area contributed by atoms with Gasteiger partial charge < -0.3 is 5.32 Å². The topological polar surface area (TPSA) is 88.2 Å².